The lowest BCUT2D eigenvalue weighted by atomic mass is 10.1. The van der Waals surface area contributed by atoms with E-state index in [2.05, 4.69) is 11.4 Å². The molecule has 0 spiro atoms. The fraction of sp³-hybridized carbons (Fsp3) is 0.391. The van der Waals surface area contributed by atoms with E-state index >= 15 is 0 Å². The van der Waals surface area contributed by atoms with Crippen LogP contribution in [0.4, 0.5) is 0 Å². The highest BCUT2D eigenvalue weighted by Gasteiger charge is 2.28. The molecule has 2 aromatic rings. The average molecular weight is 401 g/mol. The Morgan fingerprint density at radius 3 is 2.39 bits per heavy atom. The van der Waals surface area contributed by atoms with E-state index in [1.807, 2.05) is 51.1 Å². The first-order chi connectivity index (χ1) is 13.4. The molecule has 0 saturated carbocycles. The molecule has 2 aromatic carbocycles. The molecule has 1 atom stereocenters. The number of carbonyl (C=O) groups excluding carboxylic acids is 2. The van der Waals surface area contributed by atoms with Crippen LogP contribution in [0.15, 0.2) is 48.5 Å². The van der Waals surface area contributed by atoms with Crippen molar-refractivity contribution in [3.8, 4) is 0 Å². The van der Waals surface area contributed by atoms with Gasteiger partial charge in [0.25, 0.3) is 0 Å². The Labute approximate surface area is 172 Å². The number of hydrogen-bond acceptors (Lipinski definition) is 2. The zero-order valence-electron chi connectivity index (χ0n) is 16.9. The molecule has 0 aliphatic heterocycles. The van der Waals surface area contributed by atoms with Gasteiger partial charge in [-0.15, -0.1) is 0 Å². The van der Waals surface area contributed by atoms with Gasteiger partial charge in [-0.05, 0) is 43.0 Å². The number of nitrogens with zero attached hydrogens (tertiary/aromatic N) is 1. The number of hydrogen-bond donors (Lipinski definition) is 1. The summed E-state index contributed by atoms with van der Waals surface area (Å²) in [6, 6.07) is 14.8. The average Bonchev–Trinajstić information content (AvgIpc) is 2.68. The van der Waals surface area contributed by atoms with Gasteiger partial charge in [0.05, 0.1) is 6.42 Å². The molecule has 0 unspecified atom stereocenters. The van der Waals surface area contributed by atoms with Crippen LogP contribution in [0.3, 0.4) is 0 Å². The SMILES string of the molecule is CCCNC(=O)[C@H](CC)N(Cc1cccc(C)c1)C(=O)Cc1ccc(Cl)cc1. The number of rotatable bonds is 9. The molecule has 0 bridgehead atoms. The maximum Gasteiger partial charge on any atom is 0.242 e. The summed E-state index contributed by atoms with van der Waals surface area (Å²) < 4.78 is 0. The quantitative estimate of drug-likeness (QED) is 0.672. The number of aryl methyl sites for hydroxylation is 1. The van der Waals surface area contributed by atoms with Crippen LogP contribution in [0.25, 0.3) is 0 Å². The van der Waals surface area contributed by atoms with E-state index < -0.39 is 6.04 Å². The lowest BCUT2D eigenvalue weighted by Crippen LogP contribution is -2.49. The van der Waals surface area contributed by atoms with Gasteiger partial charge < -0.3 is 10.2 Å². The molecule has 0 aromatic heterocycles. The number of nitrogens with one attached hydrogen (secondary N) is 1. The normalized spacial score (nSPS) is 11.7. The van der Waals surface area contributed by atoms with Crippen LogP contribution in [-0.2, 0) is 22.6 Å². The van der Waals surface area contributed by atoms with E-state index in [4.69, 9.17) is 11.6 Å². The van der Waals surface area contributed by atoms with Gasteiger partial charge >= 0.3 is 0 Å². The minimum absolute atomic E-state index is 0.0673. The predicted molar refractivity (Wildman–Crippen MR) is 114 cm³/mol. The molecule has 0 aliphatic carbocycles. The Hall–Kier alpha value is -2.33. The van der Waals surface area contributed by atoms with Gasteiger partial charge in [0.1, 0.15) is 6.04 Å². The van der Waals surface area contributed by atoms with Crippen molar-refractivity contribution < 1.29 is 9.59 Å². The largest absolute Gasteiger partial charge is 0.354 e. The molecule has 28 heavy (non-hydrogen) atoms. The lowest BCUT2D eigenvalue weighted by molar-refractivity contribution is -0.140. The van der Waals surface area contributed by atoms with Crippen molar-refractivity contribution in [2.45, 2.75) is 52.6 Å². The van der Waals surface area contributed by atoms with E-state index in [9.17, 15) is 9.59 Å². The third kappa shape index (κ3) is 6.38. The molecule has 0 aliphatic rings. The Bertz CT molecular complexity index is 789. The molecule has 0 saturated heterocycles. The first-order valence-electron chi connectivity index (χ1n) is 9.81. The summed E-state index contributed by atoms with van der Waals surface area (Å²) in [6.07, 6.45) is 1.66. The Morgan fingerprint density at radius 2 is 1.79 bits per heavy atom. The summed E-state index contributed by atoms with van der Waals surface area (Å²) in [5, 5.41) is 3.57. The Balaban J connectivity index is 2.26. The zero-order chi connectivity index (χ0) is 20.5. The molecule has 0 radical (unpaired) electrons. The highest BCUT2D eigenvalue weighted by molar-refractivity contribution is 6.30. The molecule has 5 heteroatoms. The minimum atomic E-state index is -0.494. The van der Waals surface area contributed by atoms with E-state index in [1.165, 1.54) is 0 Å². The Kier molecular flexibility index (Phi) is 8.52. The van der Waals surface area contributed by atoms with Gasteiger partial charge in [-0.1, -0.05) is 67.4 Å². The zero-order valence-corrected chi connectivity index (χ0v) is 17.6. The highest BCUT2D eigenvalue weighted by Crippen LogP contribution is 2.17. The molecular formula is C23H29ClN2O2. The van der Waals surface area contributed by atoms with Crippen LogP contribution in [0.5, 0.6) is 0 Å². The molecule has 0 heterocycles. The summed E-state index contributed by atoms with van der Waals surface area (Å²) >= 11 is 5.95. The third-order valence-electron chi connectivity index (χ3n) is 4.64. The van der Waals surface area contributed by atoms with Crippen LogP contribution in [0, 0.1) is 6.92 Å². The summed E-state index contributed by atoms with van der Waals surface area (Å²) in [5.74, 6) is -0.163. The fourth-order valence-corrected chi connectivity index (χ4v) is 3.30. The summed E-state index contributed by atoms with van der Waals surface area (Å²) in [7, 11) is 0. The lowest BCUT2D eigenvalue weighted by Gasteiger charge is -2.31. The summed E-state index contributed by atoms with van der Waals surface area (Å²) in [6.45, 7) is 6.99. The van der Waals surface area contributed by atoms with Crippen molar-refractivity contribution in [2.75, 3.05) is 6.54 Å². The molecular weight excluding hydrogens is 372 g/mol. The van der Waals surface area contributed by atoms with Crippen molar-refractivity contribution >= 4 is 23.4 Å². The van der Waals surface area contributed by atoms with Gasteiger partial charge in [0.2, 0.25) is 11.8 Å². The van der Waals surface area contributed by atoms with E-state index in [-0.39, 0.29) is 18.2 Å². The van der Waals surface area contributed by atoms with Gasteiger partial charge in [0.15, 0.2) is 0 Å². The molecule has 2 rings (SSSR count). The molecule has 150 valence electrons. The van der Waals surface area contributed by atoms with Gasteiger partial charge in [0, 0.05) is 18.1 Å². The standard InChI is InChI=1S/C23H29ClN2O2/c1-4-13-25-23(28)21(5-2)26(16-19-8-6-7-17(3)14-19)22(27)15-18-9-11-20(24)12-10-18/h6-12,14,21H,4-5,13,15-16H2,1-3H3,(H,25,28)/t21-/m0/s1. The van der Waals surface area contributed by atoms with Crippen LogP contribution < -0.4 is 5.32 Å². The maximum atomic E-state index is 13.2. The summed E-state index contributed by atoms with van der Waals surface area (Å²) in [5.41, 5.74) is 3.03. The smallest absolute Gasteiger partial charge is 0.242 e. The predicted octanol–water partition coefficient (Wildman–Crippen LogP) is 4.52. The van der Waals surface area contributed by atoms with E-state index in [0.717, 1.165) is 23.1 Å². The van der Waals surface area contributed by atoms with Crippen molar-refractivity contribution in [3.63, 3.8) is 0 Å². The van der Waals surface area contributed by atoms with Gasteiger partial charge in [-0.25, -0.2) is 0 Å². The number of benzene rings is 2. The van der Waals surface area contributed by atoms with Crippen molar-refractivity contribution in [1.29, 1.82) is 0 Å². The van der Waals surface area contributed by atoms with Gasteiger partial charge in [-0.3, -0.25) is 9.59 Å². The minimum Gasteiger partial charge on any atom is -0.354 e. The third-order valence-corrected chi connectivity index (χ3v) is 4.89. The number of amides is 2. The second-order valence-electron chi connectivity index (χ2n) is 7.03. The first kappa shape index (κ1) is 22.0. The van der Waals surface area contributed by atoms with Crippen LogP contribution in [0.1, 0.15) is 43.4 Å². The number of carbonyl (C=O) groups is 2. The van der Waals surface area contributed by atoms with Crippen LogP contribution in [0.2, 0.25) is 5.02 Å². The molecule has 1 N–H and O–H groups in total. The van der Waals surface area contributed by atoms with E-state index in [1.54, 1.807) is 17.0 Å². The maximum absolute atomic E-state index is 13.2. The second-order valence-corrected chi connectivity index (χ2v) is 7.47. The van der Waals surface area contributed by atoms with Crippen molar-refractivity contribution in [3.05, 3.63) is 70.2 Å². The van der Waals surface area contributed by atoms with Crippen LogP contribution >= 0.6 is 11.6 Å². The molecule has 0 fully saturated rings. The van der Waals surface area contributed by atoms with Crippen molar-refractivity contribution in [1.82, 2.24) is 10.2 Å². The van der Waals surface area contributed by atoms with Crippen LogP contribution in [-0.4, -0.2) is 29.3 Å². The second kappa shape index (κ2) is 10.9. The monoisotopic (exact) mass is 400 g/mol. The highest BCUT2D eigenvalue weighted by atomic mass is 35.5. The van der Waals surface area contributed by atoms with E-state index in [0.29, 0.717) is 24.5 Å². The molecule has 2 amide bonds. The van der Waals surface area contributed by atoms with Crippen molar-refractivity contribution in [2.24, 2.45) is 0 Å². The summed E-state index contributed by atoms with van der Waals surface area (Å²) in [4.78, 5) is 27.6. The fourth-order valence-electron chi connectivity index (χ4n) is 3.17. The topological polar surface area (TPSA) is 49.4 Å². The number of halogens is 1. The molecule has 4 nitrogen and oxygen atoms in total. The first-order valence-corrected chi connectivity index (χ1v) is 10.2. The Morgan fingerprint density at radius 1 is 1.07 bits per heavy atom. The van der Waals surface area contributed by atoms with Gasteiger partial charge in [-0.2, -0.15) is 0 Å².